The van der Waals surface area contributed by atoms with Crippen molar-refractivity contribution in [3.05, 3.63) is 47.3 Å². The van der Waals surface area contributed by atoms with Gasteiger partial charge in [-0.15, -0.1) is 0 Å². The van der Waals surface area contributed by atoms with E-state index in [1.165, 1.54) is 31.5 Å². The molecule has 1 spiro atoms. The molecule has 1 atom stereocenters. The van der Waals surface area contributed by atoms with Crippen LogP contribution in [0, 0.1) is 5.41 Å². The molecule has 2 aromatic rings. The first kappa shape index (κ1) is 18.8. The fraction of sp³-hybridized carbons (Fsp3) is 0.609. The smallest absolute Gasteiger partial charge is 0.231 e. The minimum atomic E-state index is -0.0840. The summed E-state index contributed by atoms with van der Waals surface area (Å²) in [6.45, 7) is 5.22. The summed E-state index contributed by atoms with van der Waals surface area (Å²) >= 11 is 0. The van der Waals surface area contributed by atoms with Gasteiger partial charge in [-0.25, -0.2) is 0 Å². The summed E-state index contributed by atoms with van der Waals surface area (Å²) in [6, 6.07) is 10.8. The molecule has 2 fully saturated rings. The van der Waals surface area contributed by atoms with Crippen molar-refractivity contribution in [2.24, 2.45) is 5.41 Å². The average molecular weight is 394 g/mol. The Balaban J connectivity index is 1.15. The Morgan fingerprint density at radius 3 is 2.52 bits per heavy atom. The number of fused-ring (bicyclic) bond motifs is 1. The highest BCUT2D eigenvalue weighted by atomic mass is 16.2. The topological polar surface area (TPSA) is 65.1 Å². The van der Waals surface area contributed by atoms with Gasteiger partial charge in [0.05, 0.1) is 17.3 Å². The van der Waals surface area contributed by atoms with Crippen LogP contribution in [-0.2, 0) is 17.8 Å². The van der Waals surface area contributed by atoms with Crippen LogP contribution in [0.5, 0.6) is 0 Å². The van der Waals surface area contributed by atoms with Crippen molar-refractivity contribution in [1.82, 2.24) is 25.2 Å². The Morgan fingerprint density at radius 2 is 1.76 bits per heavy atom. The molecule has 1 aromatic carbocycles. The van der Waals surface area contributed by atoms with Crippen molar-refractivity contribution in [1.29, 1.82) is 0 Å². The molecular weight excluding hydrogens is 362 g/mol. The van der Waals surface area contributed by atoms with Gasteiger partial charge in [-0.2, -0.15) is 15.4 Å². The fourth-order valence-electron chi connectivity index (χ4n) is 5.52. The number of rotatable bonds is 3. The van der Waals surface area contributed by atoms with Gasteiger partial charge in [0.15, 0.2) is 0 Å². The van der Waals surface area contributed by atoms with Gasteiger partial charge < -0.3 is 4.90 Å². The van der Waals surface area contributed by atoms with E-state index in [1.54, 1.807) is 0 Å². The van der Waals surface area contributed by atoms with Gasteiger partial charge in [-0.3, -0.25) is 9.69 Å². The Labute approximate surface area is 172 Å². The minimum absolute atomic E-state index is 0.0840. The Morgan fingerprint density at radius 1 is 1.03 bits per heavy atom. The lowest BCUT2D eigenvalue weighted by Gasteiger charge is -2.47. The number of H-pyrrole nitrogens is 1. The molecule has 3 heterocycles. The van der Waals surface area contributed by atoms with Crippen LogP contribution in [0.2, 0.25) is 0 Å². The zero-order valence-electron chi connectivity index (χ0n) is 17.1. The van der Waals surface area contributed by atoms with Gasteiger partial charge in [-0.1, -0.05) is 30.3 Å². The molecule has 1 amide bonds. The van der Waals surface area contributed by atoms with E-state index in [0.717, 1.165) is 63.1 Å². The zero-order valence-corrected chi connectivity index (χ0v) is 17.1. The van der Waals surface area contributed by atoms with Gasteiger partial charge in [0.1, 0.15) is 0 Å². The molecule has 6 heteroatoms. The normalized spacial score (nSPS) is 24.4. The summed E-state index contributed by atoms with van der Waals surface area (Å²) in [6.07, 6.45) is 7.71. The van der Waals surface area contributed by atoms with Crippen molar-refractivity contribution >= 4 is 5.91 Å². The summed E-state index contributed by atoms with van der Waals surface area (Å²) in [5, 5.41) is 11.2. The van der Waals surface area contributed by atoms with E-state index in [9.17, 15) is 4.79 Å². The molecule has 1 aliphatic carbocycles. The van der Waals surface area contributed by atoms with Crippen molar-refractivity contribution in [3.63, 3.8) is 0 Å². The van der Waals surface area contributed by atoms with Gasteiger partial charge in [-0.05, 0) is 69.0 Å². The van der Waals surface area contributed by atoms with E-state index in [2.05, 4.69) is 55.5 Å². The number of likely N-dealkylation sites (tertiary alicyclic amines) is 2. The van der Waals surface area contributed by atoms with Crippen LogP contribution in [0.15, 0.2) is 30.3 Å². The number of hydrogen-bond acceptors (Lipinski definition) is 4. The van der Waals surface area contributed by atoms with E-state index >= 15 is 0 Å². The van der Waals surface area contributed by atoms with Gasteiger partial charge in [0, 0.05) is 19.6 Å². The number of piperidine rings is 2. The van der Waals surface area contributed by atoms with Crippen LogP contribution in [0.1, 0.15) is 61.4 Å². The first-order valence-corrected chi connectivity index (χ1v) is 11.2. The summed E-state index contributed by atoms with van der Waals surface area (Å²) in [7, 11) is 0. The number of nitrogens with one attached hydrogen (secondary N) is 1. The van der Waals surface area contributed by atoms with E-state index in [0.29, 0.717) is 5.41 Å². The molecule has 1 N–H and O–H groups in total. The van der Waals surface area contributed by atoms with Crippen LogP contribution in [0.3, 0.4) is 0 Å². The van der Waals surface area contributed by atoms with E-state index in [-0.39, 0.29) is 11.8 Å². The molecular formula is C23H31N5O. The lowest BCUT2D eigenvalue weighted by Crippen LogP contribution is -2.49. The van der Waals surface area contributed by atoms with E-state index in [1.807, 2.05) is 0 Å². The van der Waals surface area contributed by atoms with Crippen LogP contribution in [0.25, 0.3) is 0 Å². The van der Waals surface area contributed by atoms with Crippen LogP contribution >= 0.6 is 0 Å². The monoisotopic (exact) mass is 393 g/mol. The maximum absolute atomic E-state index is 13.2. The molecule has 3 aliphatic rings. The standard InChI is InChI=1S/C23H31N5O/c29-22(19-7-4-8-20-21(19)25-26-24-20)28-15-11-23(12-16-28)9-13-27(14-10-23)17-18-5-2-1-3-6-18/h1-3,5-6,19H,4,7-17H2,(H,24,25,26). The summed E-state index contributed by atoms with van der Waals surface area (Å²) in [4.78, 5) is 17.9. The number of hydrogen-bond donors (Lipinski definition) is 1. The number of nitrogens with zero attached hydrogens (tertiary/aromatic N) is 4. The third kappa shape index (κ3) is 3.82. The highest BCUT2D eigenvalue weighted by Gasteiger charge is 2.40. The van der Waals surface area contributed by atoms with Crippen molar-refractivity contribution < 1.29 is 4.79 Å². The average Bonchev–Trinajstić information content (AvgIpc) is 3.25. The molecule has 2 saturated heterocycles. The number of aromatic nitrogens is 3. The number of amides is 1. The number of benzene rings is 1. The molecule has 1 aromatic heterocycles. The highest BCUT2D eigenvalue weighted by molar-refractivity contribution is 5.83. The first-order valence-electron chi connectivity index (χ1n) is 11.2. The van der Waals surface area contributed by atoms with Crippen LogP contribution in [-0.4, -0.2) is 57.3 Å². The maximum atomic E-state index is 13.2. The minimum Gasteiger partial charge on any atom is -0.342 e. The van der Waals surface area contributed by atoms with Crippen molar-refractivity contribution in [2.45, 2.75) is 57.4 Å². The molecule has 6 nitrogen and oxygen atoms in total. The van der Waals surface area contributed by atoms with Gasteiger partial charge in [0.25, 0.3) is 0 Å². The third-order valence-corrected chi connectivity index (χ3v) is 7.49. The van der Waals surface area contributed by atoms with Crippen molar-refractivity contribution in [2.75, 3.05) is 26.2 Å². The molecule has 0 radical (unpaired) electrons. The summed E-state index contributed by atoms with van der Waals surface area (Å²) in [5.74, 6) is 0.190. The zero-order chi connectivity index (χ0) is 19.7. The Hall–Kier alpha value is -2.21. The lowest BCUT2D eigenvalue weighted by molar-refractivity contribution is -0.136. The predicted octanol–water partition coefficient (Wildman–Crippen LogP) is 3.13. The van der Waals surface area contributed by atoms with Crippen LogP contribution < -0.4 is 0 Å². The summed E-state index contributed by atoms with van der Waals surface area (Å²) in [5.41, 5.74) is 3.74. The molecule has 5 rings (SSSR count). The van der Waals surface area contributed by atoms with Gasteiger partial charge >= 0.3 is 0 Å². The van der Waals surface area contributed by atoms with Crippen LogP contribution in [0.4, 0.5) is 0 Å². The molecule has 2 aliphatic heterocycles. The lowest BCUT2D eigenvalue weighted by atomic mass is 9.71. The molecule has 29 heavy (non-hydrogen) atoms. The number of aryl methyl sites for hydroxylation is 1. The van der Waals surface area contributed by atoms with E-state index < -0.39 is 0 Å². The highest BCUT2D eigenvalue weighted by Crippen LogP contribution is 2.42. The van der Waals surface area contributed by atoms with E-state index in [4.69, 9.17) is 0 Å². The molecule has 1 unspecified atom stereocenters. The maximum Gasteiger partial charge on any atom is 0.231 e. The molecule has 0 saturated carbocycles. The SMILES string of the molecule is O=C(C1CCCc2n[nH]nc21)N1CCC2(CCN(Cc3ccccc3)CC2)CC1. The molecule has 0 bridgehead atoms. The third-order valence-electron chi connectivity index (χ3n) is 7.49. The Kier molecular flexibility index (Phi) is 5.12. The quantitative estimate of drug-likeness (QED) is 0.870. The number of carbonyl (C=O) groups excluding carboxylic acids is 1. The Bertz CT molecular complexity index is 830. The second-order valence-electron chi connectivity index (χ2n) is 9.19. The van der Waals surface area contributed by atoms with Crippen molar-refractivity contribution in [3.8, 4) is 0 Å². The number of carbonyl (C=O) groups is 1. The largest absolute Gasteiger partial charge is 0.342 e. The summed E-state index contributed by atoms with van der Waals surface area (Å²) < 4.78 is 0. The second-order valence-corrected chi connectivity index (χ2v) is 9.19. The predicted molar refractivity (Wildman–Crippen MR) is 111 cm³/mol. The second kappa shape index (κ2) is 7.90. The van der Waals surface area contributed by atoms with Gasteiger partial charge in [0.2, 0.25) is 5.91 Å². The fourth-order valence-corrected chi connectivity index (χ4v) is 5.52. The first-order chi connectivity index (χ1) is 14.2. The molecule has 154 valence electrons. The number of aromatic amines is 1.